The first kappa shape index (κ1) is 11.8. The maximum absolute atomic E-state index is 5.61. The Balaban J connectivity index is 2.47. The van der Waals surface area contributed by atoms with E-state index in [4.69, 9.17) is 5.73 Å². The van der Waals surface area contributed by atoms with Crippen LogP contribution >= 0.6 is 0 Å². The topological polar surface area (TPSA) is 50.9 Å². The highest BCUT2D eigenvalue weighted by Gasteiger charge is 2.06. The summed E-state index contributed by atoms with van der Waals surface area (Å²) in [4.78, 5) is 3.96. The van der Waals surface area contributed by atoms with Gasteiger partial charge in [0.05, 0.1) is 0 Å². The minimum absolute atomic E-state index is 0.474. The predicted octanol–water partition coefficient (Wildman–Crippen LogP) is 2.90. The van der Waals surface area contributed by atoms with Crippen LogP contribution in [0.3, 0.4) is 0 Å². The zero-order valence-electron chi connectivity index (χ0n) is 9.83. The minimum Gasteiger partial charge on any atom is -0.384 e. The van der Waals surface area contributed by atoms with Crippen molar-refractivity contribution >= 4 is 11.5 Å². The number of rotatable bonds is 5. The highest BCUT2D eigenvalue weighted by atomic mass is 14.9. The third-order valence-corrected chi connectivity index (χ3v) is 2.65. The van der Waals surface area contributed by atoms with Crippen molar-refractivity contribution in [3.63, 3.8) is 0 Å². The van der Waals surface area contributed by atoms with Gasteiger partial charge >= 0.3 is 0 Å². The second-order valence-corrected chi connectivity index (χ2v) is 4.26. The van der Waals surface area contributed by atoms with Gasteiger partial charge in [0.1, 0.15) is 5.82 Å². The first-order valence-corrected chi connectivity index (χ1v) is 5.60. The van der Waals surface area contributed by atoms with E-state index in [1.807, 2.05) is 12.1 Å². The number of nitrogens with one attached hydrogen (secondary N) is 1. The van der Waals surface area contributed by atoms with Crippen LogP contribution in [0.2, 0.25) is 0 Å². The molecule has 84 valence electrons. The smallest absolute Gasteiger partial charge is 0.125 e. The van der Waals surface area contributed by atoms with Gasteiger partial charge in [-0.3, -0.25) is 0 Å². The second-order valence-electron chi connectivity index (χ2n) is 4.26. The van der Waals surface area contributed by atoms with Gasteiger partial charge in [-0.15, -0.1) is 0 Å². The van der Waals surface area contributed by atoms with Gasteiger partial charge in [-0.1, -0.05) is 20.3 Å². The van der Waals surface area contributed by atoms with Crippen molar-refractivity contribution in [2.45, 2.75) is 39.7 Å². The van der Waals surface area contributed by atoms with E-state index in [1.54, 1.807) is 6.20 Å². The van der Waals surface area contributed by atoms with E-state index in [-0.39, 0.29) is 0 Å². The van der Waals surface area contributed by atoms with Crippen LogP contribution in [-0.4, -0.2) is 11.0 Å². The average Bonchev–Trinajstić information content (AvgIpc) is 2.17. The lowest BCUT2D eigenvalue weighted by atomic mass is 10.0. The van der Waals surface area contributed by atoms with E-state index in [2.05, 4.69) is 31.1 Å². The van der Waals surface area contributed by atoms with Crippen molar-refractivity contribution in [2.75, 3.05) is 11.1 Å². The van der Waals surface area contributed by atoms with Crippen molar-refractivity contribution in [3.8, 4) is 0 Å². The monoisotopic (exact) mass is 207 g/mol. The zero-order chi connectivity index (χ0) is 11.3. The summed E-state index contributed by atoms with van der Waals surface area (Å²) in [5.41, 5.74) is 6.66. The minimum atomic E-state index is 0.474. The van der Waals surface area contributed by atoms with Crippen molar-refractivity contribution in [3.05, 3.63) is 18.3 Å². The maximum Gasteiger partial charge on any atom is 0.125 e. The van der Waals surface area contributed by atoms with Gasteiger partial charge in [0.25, 0.3) is 0 Å². The summed E-state index contributed by atoms with van der Waals surface area (Å²) >= 11 is 0. The van der Waals surface area contributed by atoms with Crippen molar-refractivity contribution in [1.29, 1.82) is 0 Å². The first-order chi connectivity index (χ1) is 7.11. The molecule has 0 spiro atoms. The molecule has 2 unspecified atom stereocenters. The fraction of sp³-hybridized carbons (Fsp3) is 0.583. The largest absolute Gasteiger partial charge is 0.384 e. The van der Waals surface area contributed by atoms with Gasteiger partial charge in [-0.25, -0.2) is 4.98 Å². The summed E-state index contributed by atoms with van der Waals surface area (Å²) in [7, 11) is 0. The number of nitrogen functional groups attached to an aromatic ring is 1. The quantitative estimate of drug-likeness (QED) is 0.780. The van der Waals surface area contributed by atoms with Crippen LogP contribution < -0.4 is 11.1 Å². The fourth-order valence-corrected chi connectivity index (χ4v) is 1.65. The average molecular weight is 207 g/mol. The van der Waals surface area contributed by atoms with Gasteiger partial charge in [-0.2, -0.15) is 0 Å². The Labute approximate surface area is 92.1 Å². The number of nitrogens with two attached hydrogens (primary N) is 1. The van der Waals surface area contributed by atoms with Crippen LogP contribution in [0.25, 0.3) is 0 Å². The van der Waals surface area contributed by atoms with E-state index in [0.29, 0.717) is 11.9 Å². The van der Waals surface area contributed by atoms with Crippen LogP contribution in [0.15, 0.2) is 18.3 Å². The zero-order valence-corrected chi connectivity index (χ0v) is 9.83. The summed E-state index contributed by atoms with van der Waals surface area (Å²) in [6.07, 6.45) is 4.14. The molecule has 0 saturated carbocycles. The third kappa shape index (κ3) is 4.19. The van der Waals surface area contributed by atoms with E-state index in [9.17, 15) is 0 Å². The number of nitrogens with zero attached hydrogens (tertiary/aromatic N) is 1. The molecule has 15 heavy (non-hydrogen) atoms. The number of hydrogen-bond donors (Lipinski definition) is 2. The van der Waals surface area contributed by atoms with Gasteiger partial charge in [0.15, 0.2) is 0 Å². The lowest BCUT2D eigenvalue weighted by Crippen LogP contribution is -2.18. The predicted molar refractivity (Wildman–Crippen MR) is 65.8 cm³/mol. The fourth-order valence-electron chi connectivity index (χ4n) is 1.65. The number of hydrogen-bond acceptors (Lipinski definition) is 3. The summed E-state index contributed by atoms with van der Waals surface area (Å²) in [5, 5.41) is 3.43. The molecule has 3 N–H and O–H groups in total. The van der Waals surface area contributed by atoms with Crippen molar-refractivity contribution in [2.24, 2.45) is 5.92 Å². The van der Waals surface area contributed by atoms with Crippen molar-refractivity contribution < 1.29 is 0 Å². The molecule has 0 saturated heterocycles. The molecule has 1 aromatic heterocycles. The van der Waals surface area contributed by atoms with Crippen LogP contribution in [0.1, 0.15) is 33.6 Å². The van der Waals surface area contributed by atoms with Crippen LogP contribution in [0.5, 0.6) is 0 Å². The summed E-state index contributed by atoms with van der Waals surface area (Å²) in [5.74, 6) is 1.32. The molecule has 0 bridgehead atoms. The SMILES string of the molecule is CCC(C)CC(C)Nc1ccnc(N)c1. The Hall–Kier alpha value is -1.25. The van der Waals surface area contributed by atoms with E-state index < -0.39 is 0 Å². The van der Waals surface area contributed by atoms with Crippen molar-refractivity contribution in [1.82, 2.24) is 4.98 Å². The molecule has 0 radical (unpaired) electrons. The molecular weight excluding hydrogens is 186 g/mol. The lowest BCUT2D eigenvalue weighted by Gasteiger charge is -2.18. The van der Waals surface area contributed by atoms with Crippen LogP contribution in [-0.2, 0) is 0 Å². The van der Waals surface area contributed by atoms with E-state index >= 15 is 0 Å². The number of aromatic nitrogens is 1. The Bertz CT molecular complexity index is 299. The molecule has 0 aliphatic carbocycles. The maximum atomic E-state index is 5.61. The highest BCUT2D eigenvalue weighted by Crippen LogP contribution is 2.15. The summed E-state index contributed by atoms with van der Waals surface area (Å²) < 4.78 is 0. The van der Waals surface area contributed by atoms with E-state index in [1.165, 1.54) is 12.8 Å². The van der Waals surface area contributed by atoms with Gasteiger partial charge < -0.3 is 11.1 Å². The van der Waals surface area contributed by atoms with Gasteiger partial charge in [0, 0.05) is 24.0 Å². The standard InChI is InChI=1S/C12H21N3/c1-4-9(2)7-10(3)15-11-5-6-14-12(13)8-11/h5-6,8-10H,4,7H2,1-3H3,(H3,13,14,15). The summed E-state index contributed by atoms with van der Waals surface area (Å²) in [6.45, 7) is 6.70. The second kappa shape index (κ2) is 5.59. The molecule has 3 nitrogen and oxygen atoms in total. The molecule has 0 aromatic carbocycles. The molecule has 0 aliphatic rings. The van der Waals surface area contributed by atoms with Crippen LogP contribution in [0.4, 0.5) is 11.5 Å². The number of anilines is 2. The molecule has 0 fully saturated rings. The molecular formula is C12H21N3. The Morgan fingerprint density at radius 2 is 2.20 bits per heavy atom. The molecule has 1 rings (SSSR count). The number of pyridine rings is 1. The van der Waals surface area contributed by atoms with Gasteiger partial charge in [0.2, 0.25) is 0 Å². The Kier molecular flexibility index (Phi) is 4.40. The molecule has 1 heterocycles. The normalized spacial score (nSPS) is 14.6. The Morgan fingerprint density at radius 1 is 1.47 bits per heavy atom. The molecule has 2 atom stereocenters. The lowest BCUT2D eigenvalue weighted by molar-refractivity contribution is 0.484. The molecule has 0 amide bonds. The summed E-state index contributed by atoms with van der Waals surface area (Å²) in [6, 6.07) is 4.29. The van der Waals surface area contributed by atoms with E-state index in [0.717, 1.165) is 11.6 Å². The first-order valence-electron chi connectivity index (χ1n) is 5.60. The van der Waals surface area contributed by atoms with Gasteiger partial charge in [-0.05, 0) is 25.3 Å². The molecule has 3 heteroatoms. The Morgan fingerprint density at radius 3 is 2.80 bits per heavy atom. The third-order valence-electron chi connectivity index (χ3n) is 2.65. The van der Waals surface area contributed by atoms with Crippen LogP contribution in [0, 0.1) is 5.92 Å². The highest BCUT2D eigenvalue weighted by molar-refractivity contribution is 5.50. The molecule has 1 aromatic rings. The molecule has 0 aliphatic heterocycles.